The molecule has 1 aromatic carbocycles. The van der Waals surface area contributed by atoms with E-state index in [2.05, 4.69) is 23.6 Å². The van der Waals surface area contributed by atoms with Gasteiger partial charge in [0.2, 0.25) is 0 Å². The minimum Gasteiger partial charge on any atom is -0.294 e. The van der Waals surface area contributed by atoms with E-state index in [4.69, 9.17) is 0 Å². The standard InChI is InChI=1S/C16H18OS/c1-12-9-13(2)11-14(10-12)16(17)7-3-5-15-6-4-8-18-15/h4,6,8-11H,3,5,7H2,1-2H3. The number of thiophene rings is 1. The van der Waals surface area contributed by atoms with Crippen LogP contribution in [0, 0.1) is 13.8 Å². The van der Waals surface area contributed by atoms with E-state index in [9.17, 15) is 4.79 Å². The van der Waals surface area contributed by atoms with Gasteiger partial charge in [-0.05, 0) is 50.3 Å². The van der Waals surface area contributed by atoms with E-state index in [1.807, 2.05) is 26.0 Å². The molecule has 1 heterocycles. The first-order chi connectivity index (χ1) is 8.65. The number of carbonyl (C=O) groups is 1. The first-order valence-electron chi connectivity index (χ1n) is 6.29. The summed E-state index contributed by atoms with van der Waals surface area (Å²) in [6.45, 7) is 4.07. The Morgan fingerprint density at radius 2 is 1.89 bits per heavy atom. The Labute approximate surface area is 112 Å². The van der Waals surface area contributed by atoms with Crippen molar-refractivity contribution in [1.29, 1.82) is 0 Å². The van der Waals surface area contributed by atoms with Crippen LogP contribution in [-0.2, 0) is 6.42 Å². The van der Waals surface area contributed by atoms with Gasteiger partial charge >= 0.3 is 0 Å². The van der Waals surface area contributed by atoms with Crippen molar-refractivity contribution in [3.05, 3.63) is 57.3 Å². The molecule has 18 heavy (non-hydrogen) atoms. The fourth-order valence-electron chi connectivity index (χ4n) is 2.16. The zero-order chi connectivity index (χ0) is 13.0. The van der Waals surface area contributed by atoms with Gasteiger partial charge < -0.3 is 0 Å². The SMILES string of the molecule is Cc1cc(C)cc(C(=O)CCCc2cccs2)c1. The molecule has 0 saturated carbocycles. The van der Waals surface area contributed by atoms with Crippen molar-refractivity contribution in [3.8, 4) is 0 Å². The maximum absolute atomic E-state index is 12.1. The van der Waals surface area contributed by atoms with E-state index in [1.165, 1.54) is 4.88 Å². The maximum Gasteiger partial charge on any atom is 0.162 e. The van der Waals surface area contributed by atoms with Gasteiger partial charge in [0.05, 0.1) is 0 Å². The summed E-state index contributed by atoms with van der Waals surface area (Å²) in [6.07, 6.45) is 2.58. The molecule has 2 rings (SSSR count). The second-order valence-corrected chi connectivity index (χ2v) is 5.76. The van der Waals surface area contributed by atoms with Crippen molar-refractivity contribution in [3.63, 3.8) is 0 Å². The van der Waals surface area contributed by atoms with E-state index >= 15 is 0 Å². The van der Waals surface area contributed by atoms with Crippen LogP contribution in [0.15, 0.2) is 35.7 Å². The Morgan fingerprint density at radius 3 is 2.50 bits per heavy atom. The van der Waals surface area contributed by atoms with E-state index in [0.717, 1.165) is 29.5 Å². The Hall–Kier alpha value is -1.41. The summed E-state index contributed by atoms with van der Waals surface area (Å²) in [5.41, 5.74) is 3.19. The molecule has 1 nitrogen and oxygen atoms in total. The highest BCUT2D eigenvalue weighted by molar-refractivity contribution is 7.09. The monoisotopic (exact) mass is 258 g/mol. The third kappa shape index (κ3) is 3.54. The summed E-state index contributed by atoms with van der Waals surface area (Å²) in [6, 6.07) is 10.3. The lowest BCUT2D eigenvalue weighted by molar-refractivity contribution is 0.0980. The Balaban J connectivity index is 1.91. The van der Waals surface area contributed by atoms with E-state index in [0.29, 0.717) is 6.42 Å². The van der Waals surface area contributed by atoms with Gasteiger partial charge in [-0.2, -0.15) is 0 Å². The second kappa shape index (κ2) is 5.96. The van der Waals surface area contributed by atoms with Gasteiger partial charge in [-0.25, -0.2) is 0 Å². The Morgan fingerprint density at radius 1 is 1.17 bits per heavy atom. The topological polar surface area (TPSA) is 17.1 Å². The van der Waals surface area contributed by atoms with Gasteiger partial charge in [0.25, 0.3) is 0 Å². The molecule has 2 aromatic rings. The average Bonchev–Trinajstić information content (AvgIpc) is 2.80. The predicted molar refractivity (Wildman–Crippen MR) is 77.5 cm³/mol. The highest BCUT2D eigenvalue weighted by Crippen LogP contribution is 2.15. The maximum atomic E-state index is 12.1. The van der Waals surface area contributed by atoms with E-state index in [1.54, 1.807) is 11.3 Å². The molecule has 0 aliphatic carbocycles. The van der Waals surface area contributed by atoms with Crippen LogP contribution in [0.4, 0.5) is 0 Å². The third-order valence-corrected chi connectivity index (χ3v) is 3.89. The molecule has 0 unspecified atom stereocenters. The van der Waals surface area contributed by atoms with Gasteiger partial charge in [0.15, 0.2) is 5.78 Å². The van der Waals surface area contributed by atoms with Gasteiger partial charge in [-0.15, -0.1) is 11.3 Å². The van der Waals surface area contributed by atoms with Crippen LogP contribution >= 0.6 is 11.3 Å². The van der Waals surface area contributed by atoms with Crippen LogP contribution in [0.3, 0.4) is 0 Å². The number of rotatable bonds is 5. The van der Waals surface area contributed by atoms with E-state index < -0.39 is 0 Å². The number of hydrogen-bond donors (Lipinski definition) is 0. The molecule has 0 bridgehead atoms. The zero-order valence-electron chi connectivity index (χ0n) is 10.9. The quantitative estimate of drug-likeness (QED) is 0.718. The van der Waals surface area contributed by atoms with Crippen LogP contribution in [0.5, 0.6) is 0 Å². The molecule has 0 spiro atoms. The lowest BCUT2D eigenvalue weighted by Gasteiger charge is -2.04. The summed E-state index contributed by atoms with van der Waals surface area (Å²) in [5, 5.41) is 2.08. The highest BCUT2D eigenvalue weighted by Gasteiger charge is 2.07. The van der Waals surface area contributed by atoms with Crippen molar-refractivity contribution < 1.29 is 4.79 Å². The van der Waals surface area contributed by atoms with Gasteiger partial charge in [0, 0.05) is 16.9 Å². The molecule has 0 aliphatic heterocycles. The lowest BCUT2D eigenvalue weighted by Crippen LogP contribution is -2.00. The van der Waals surface area contributed by atoms with Crippen LogP contribution in [0.25, 0.3) is 0 Å². The molecule has 0 N–H and O–H groups in total. The van der Waals surface area contributed by atoms with Crippen molar-refractivity contribution in [2.45, 2.75) is 33.1 Å². The molecule has 0 atom stereocenters. The fraction of sp³-hybridized carbons (Fsp3) is 0.312. The fourth-order valence-corrected chi connectivity index (χ4v) is 2.91. The molecule has 0 aliphatic rings. The molecule has 2 heteroatoms. The van der Waals surface area contributed by atoms with Gasteiger partial charge in [-0.3, -0.25) is 4.79 Å². The lowest BCUT2D eigenvalue weighted by atomic mass is 10.0. The minimum atomic E-state index is 0.262. The van der Waals surface area contributed by atoms with Crippen LogP contribution in [0.1, 0.15) is 39.2 Å². The third-order valence-electron chi connectivity index (χ3n) is 2.95. The van der Waals surface area contributed by atoms with Crippen molar-refractivity contribution in [2.24, 2.45) is 0 Å². The zero-order valence-corrected chi connectivity index (χ0v) is 11.7. The van der Waals surface area contributed by atoms with Crippen molar-refractivity contribution in [2.75, 3.05) is 0 Å². The van der Waals surface area contributed by atoms with Crippen LogP contribution in [0.2, 0.25) is 0 Å². The average molecular weight is 258 g/mol. The van der Waals surface area contributed by atoms with Crippen LogP contribution < -0.4 is 0 Å². The van der Waals surface area contributed by atoms with Crippen molar-refractivity contribution in [1.82, 2.24) is 0 Å². The molecular weight excluding hydrogens is 240 g/mol. The Bertz CT molecular complexity index is 506. The number of carbonyl (C=O) groups excluding carboxylic acids is 1. The summed E-state index contributed by atoms with van der Waals surface area (Å²) in [5.74, 6) is 0.262. The molecular formula is C16H18OS. The number of Topliss-reactive ketones (excluding diaryl/α,β-unsaturated/α-hetero) is 1. The van der Waals surface area contributed by atoms with Gasteiger partial charge in [0.1, 0.15) is 0 Å². The van der Waals surface area contributed by atoms with E-state index in [-0.39, 0.29) is 5.78 Å². The minimum absolute atomic E-state index is 0.262. The number of hydrogen-bond acceptors (Lipinski definition) is 2. The first kappa shape index (κ1) is 13.0. The first-order valence-corrected chi connectivity index (χ1v) is 7.17. The number of aryl methyl sites for hydroxylation is 3. The molecule has 0 radical (unpaired) electrons. The summed E-state index contributed by atoms with van der Waals surface area (Å²) in [7, 11) is 0. The Kier molecular flexibility index (Phi) is 4.32. The molecule has 0 fully saturated rings. The highest BCUT2D eigenvalue weighted by atomic mass is 32.1. The predicted octanol–water partition coefficient (Wildman–Crippen LogP) is 4.57. The number of ketones is 1. The number of benzene rings is 1. The van der Waals surface area contributed by atoms with Gasteiger partial charge in [-0.1, -0.05) is 23.3 Å². The molecule has 0 saturated heterocycles. The molecule has 0 amide bonds. The summed E-state index contributed by atoms with van der Waals surface area (Å²) < 4.78 is 0. The summed E-state index contributed by atoms with van der Waals surface area (Å²) >= 11 is 1.76. The molecule has 94 valence electrons. The van der Waals surface area contributed by atoms with Crippen LogP contribution in [-0.4, -0.2) is 5.78 Å². The largest absolute Gasteiger partial charge is 0.294 e. The molecule has 1 aromatic heterocycles. The smallest absolute Gasteiger partial charge is 0.162 e. The summed E-state index contributed by atoms with van der Waals surface area (Å²) in [4.78, 5) is 13.4. The normalized spacial score (nSPS) is 10.6. The van der Waals surface area contributed by atoms with Crippen molar-refractivity contribution >= 4 is 17.1 Å². The second-order valence-electron chi connectivity index (χ2n) is 4.73.